The van der Waals surface area contributed by atoms with Crippen molar-refractivity contribution < 1.29 is 93.4 Å². The van der Waals surface area contributed by atoms with Crippen molar-refractivity contribution in [2.24, 2.45) is 0 Å². The maximum absolute atomic E-state index is 10.4. The first-order valence-corrected chi connectivity index (χ1v) is 20.7. The average molecular weight is 993 g/mol. The molecule has 0 spiro atoms. The van der Waals surface area contributed by atoms with Crippen LogP contribution in [0.5, 0.6) is 0 Å². The Morgan fingerprint density at radius 1 is 0.418 bits per heavy atom. The van der Waals surface area contributed by atoms with Crippen LogP contribution in [0, 0.1) is 29.7 Å². The number of carbonyl (C=O) groups excluding carboxylic acids is 4. The third-order valence-electron chi connectivity index (χ3n) is 7.12. The molecule has 284 valence electrons. The Kier molecular flexibility index (Phi) is 39.8. The standard InChI is InChI=1S/C20H16O2P2.C16H12O2P2S2.CH4.4CH3.4V/c21-13-23-11-15-1-4-17(5-2-15)19-8-7-18-9-16(12-24-14-22)3-6-20(18)10-19;17-9-19-7-11-1-3-12(4-2-11)14-6-16-15(22-14)5-13(21-16)8-20-10-18;;;;;;;;;/h1-10,23-24H,11-12H2;1-6,19-20H,7-8H2;1H4;4*1H3;;;;/q2*-2;;4*-1;4*+2. The van der Waals surface area contributed by atoms with Crippen molar-refractivity contribution >= 4 is 101 Å². The van der Waals surface area contributed by atoms with E-state index in [1.165, 1.54) is 63.3 Å². The largest absolute Gasteiger partial charge is 2.00 e. The van der Waals surface area contributed by atoms with Crippen LogP contribution >= 0.6 is 57.0 Å². The summed E-state index contributed by atoms with van der Waals surface area (Å²) in [6.07, 6.45) is 3.13. The van der Waals surface area contributed by atoms with Gasteiger partial charge in [-0.3, -0.25) is 0 Å². The summed E-state index contributed by atoms with van der Waals surface area (Å²) < 4.78 is 2.57. The third-order valence-corrected chi connectivity index (χ3v) is 12.6. The minimum atomic E-state index is 0. The van der Waals surface area contributed by atoms with E-state index in [-0.39, 0.29) is 146 Å². The SMILES string of the molecule is C.O=[C-]PCc1ccc(-c2cc3sc(CP[C-]=O)cc3s2)cc1.O=[C-]PCc1ccc(-c2ccc3cc(CP[C-]=O)ccc3c2)cc1.[CH3-].[CH3-].[CH3-].[CH3-].[V+2].[V+2].[V+2].[V+2]. The van der Waals surface area contributed by atoms with Crippen molar-refractivity contribution in [1.29, 1.82) is 0 Å². The third kappa shape index (κ3) is 19.4. The van der Waals surface area contributed by atoms with E-state index in [9.17, 15) is 19.2 Å². The van der Waals surface area contributed by atoms with Gasteiger partial charge in [-0.2, -0.15) is 0 Å². The van der Waals surface area contributed by atoms with Gasteiger partial charge >= 0.3 is 74.2 Å². The van der Waals surface area contributed by atoms with E-state index in [1.807, 2.05) is 24.1 Å². The Morgan fingerprint density at radius 3 is 1.33 bits per heavy atom. The van der Waals surface area contributed by atoms with Crippen molar-refractivity contribution in [3.05, 3.63) is 148 Å². The van der Waals surface area contributed by atoms with E-state index in [4.69, 9.17) is 0 Å². The fourth-order valence-electron chi connectivity index (χ4n) is 4.84. The maximum Gasteiger partial charge on any atom is 2.00 e. The second kappa shape index (κ2) is 34.4. The van der Waals surface area contributed by atoms with E-state index in [1.54, 1.807) is 22.7 Å². The van der Waals surface area contributed by atoms with Gasteiger partial charge in [0.15, 0.2) is 0 Å². The molecule has 0 aliphatic carbocycles. The average Bonchev–Trinajstić information content (AvgIpc) is 3.68. The predicted molar refractivity (Wildman–Crippen MR) is 238 cm³/mol. The molecule has 4 unspecified atom stereocenters. The van der Waals surface area contributed by atoms with Gasteiger partial charge in [-0.05, 0) is 87.0 Å². The Morgan fingerprint density at radius 2 is 0.818 bits per heavy atom. The summed E-state index contributed by atoms with van der Waals surface area (Å²) in [5, 5.41) is 2.38. The first-order valence-electron chi connectivity index (χ1n) is 14.2. The number of thiophene rings is 2. The molecule has 0 saturated carbocycles. The van der Waals surface area contributed by atoms with Crippen LogP contribution < -0.4 is 0 Å². The number of rotatable bonds is 14. The molecule has 0 aliphatic rings. The molecule has 0 N–H and O–H groups in total. The zero-order chi connectivity index (χ0) is 32.1. The molecular formula is C41H44O4P4S2V4. The molecule has 2 aromatic heterocycles. The van der Waals surface area contributed by atoms with Gasteiger partial charge < -0.3 is 48.9 Å². The number of fused-ring (bicyclic) bond motifs is 2. The van der Waals surface area contributed by atoms with Gasteiger partial charge in [0.25, 0.3) is 0 Å². The van der Waals surface area contributed by atoms with Crippen molar-refractivity contribution in [3.63, 3.8) is 0 Å². The van der Waals surface area contributed by atoms with Gasteiger partial charge in [-0.25, -0.2) is 58.4 Å². The molecule has 6 aromatic rings. The molecular weight excluding hydrogens is 948 g/mol. The molecule has 4 radical (unpaired) electrons. The van der Waals surface area contributed by atoms with Gasteiger partial charge in [0.1, 0.15) is 0 Å². The fraction of sp³-hybridized carbons (Fsp3) is 0.122. The summed E-state index contributed by atoms with van der Waals surface area (Å²) in [4.78, 5) is 43.9. The summed E-state index contributed by atoms with van der Waals surface area (Å²) >= 11 is 3.55. The Balaban J connectivity index is -0.000000261. The van der Waals surface area contributed by atoms with Gasteiger partial charge in [0.05, 0.1) is 0 Å². The second-order valence-electron chi connectivity index (χ2n) is 10.2. The van der Waals surface area contributed by atoms with E-state index < -0.39 is 0 Å². The smallest absolute Gasteiger partial charge is 0.537 e. The summed E-state index contributed by atoms with van der Waals surface area (Å²) in [7, 11) is 0.883. The number of benzene rings is 4. The Labute approximate surface area is 392 Å². The van der Waals surface area contributed by atoms with Crippen molar-refractivity contribution in [1.82, 2.24) is 0 Å². The van der Waals surface area contributed by atoms with Gasteiger partial charge in [-0.15, -0.1) is 22.7 Å². The van der Waals surface area contributed by atoms with Gasteiger partial charge in [0.2, 0.25) is 0 Å². The topological polar surface area (TPSA) is 68.3 Å². The molecule has 6 rings (SSSR count). The molecule has 4 aromatic carbocycles. The van der Waals surface area contributed by atoms with Crippen molar-refractivity contribution in [3.8, 4) is 21.6 Å². The van der Waals surface area contributed by atoms with Crippen LogP contribution in [0.1, 0.15) is 29.0 Å². The van der Waals surface area contributed by atoms with Crippen LogP contribution in [-0.4, -0.2) is 24.1 Å². The Bertz CT molecular complexity index is 1920. The fourth-order valence-corrected chi connectivity index (χ4v) is 9.44. The van der Waals surface area contributed by atoms with Crippen LogP contribution in [0.15, 0.2) is 97.1 Å². The monoisotopic (exact) mass is 992 g/mol. The van der Waals surface area contributed by atoms with Crippen molar-refractivity contribution in [2.75, 3.05) is 0 Å². The van der Waals surface area contributed by atoms with Crippen molar-refractivity contribution in [2.45, 2.75) is 32.1 Å². The molecule has 14 heteroatoms. The number of hydrogen-bond acceptors (Lipinski definition) is 6. The summed E-state index contributed by atoms with van der Waals surface area (Å²) in [6, 6.07) is 41.8. The molecule has 4 nitrogen and oxygen atoms in total. The summed E-state index contributed by atoms with van der Waals surface area (Å²) in [5.41, 5.74) is 7.07. The molecule has 0 saturated heterocycles. The van der Waals surface area contributed by atoms with Gasteiger partial charge in [-0.1, -0.05) is 86.3 Å². The molecule has 0 amide bonds. The first-order chi connectivity index (χ1) is 22.6. The van der Waals surface area contributed by atoms with E-state index in [0.29, 0.717) is 0 Å². The molecule has 2 heterocycles. The minimum absolute atomic E-state index is 0. The summed E-state index contributed by atoms with van der Waals surface area (Å²) in [6.45, 7) is 0. The molecule has 55 heavy (non-hydrogen) atoms. The van der Waals surface area contributed by atoms with Crippen LogP contribution in [0.25, 0.3) is 41.7 Å². The second-order valence-corrected chi connectivity index (χ2v) is 16.1. The van der Waals surface area contributed by atoms with Crippen LogP contribution in [0.4, 0.5) is 0 Å². The quantitative estimate of drug-likeness (QED) is 0.0805. The minimum Gasteiger partial charge on any atom is -0.537 e. The van der Waals surface area contributed by atoms with E-state index in [2.05, 4.69) is 97.1 Å². The molecule has 0 aliphatic heterocycles. The van der Waals surface area contributed by atoms with Crippen LogP contribution in [-0.2, 0) is 118 Å². The maximum atomic E-state index is 10.4. The number of hydrogen-bond donors (Lipinski definition) is 0. The normalized spacial score (nSPS) is 9.89. The molecule has 0 bridgehead atoms. The molecule has 4 atom stereocenters. The van der Waals surface area contributed by atoms with Crippen LogP contribution in [0.2, 0.25) is 0 Å². The first kappa shape index (κ1) is 63.7. The Hall–Kier alpha value is -0.462. The van der Waals surface area contributed by atoms with E-state index >= 15 is 0 Å². The van der Waals surface area contributed by atoms with Crippen LogP contribution in [0.3, 0.4) is 0 Å². The van der Waals surface area contributed by atoms with E-state index in [0.717, 1.165) is 24.6 Å². The van der Waals surface area contributed by atoms with Gasteiger partial charge in [0, 0.05) is 19.2 Å². The molecule has 0 fully saturated rings. The zero-order valence-corrected chi connectivity index (χ0v) is 41.5. The predicted octanol–water partition coefficient (Wildman–Crippen LogP) is 12.5. The zero-order valence-electron chi connectivity index (χ0n) is 30.3. The summed E-state index contributed by atoms with van der Waals surface area (Å²) in [5.74, 6) is 0.